The summed E-state index contributed by atoms with van der Waals surface area (Å²) in [7, 11) is 0. The van der Waals surface area contributed by atoms with E-state index in [9.17, 15) is 0 Å². The molecule has 0 heterocycles. The second-order valence-corrected chi connectivity index (χ2v) is 5.29. The monoisotopic (exact) mass is 273 g/mol. The number of halogens is 2. The van der Waals surface area contributed by atoms with Crippen LogP contribution in [-0.2, 0) is 11.8 Å². The lowest BCUT2D eigenvalue weighted by molar-refractivity contribution is 0.677. The van der Waals surface area contributed by atoms with Crippen molar-refractivity contribution in [2.45, 2.75) is 29.1 Å². The minimum absolute atomic E-state index is 0. The predicted molar refractivity (Wildman–Crippen MR) is 64.4 cm³/mol. The Bertz CT molecular complexity index is 368. The number of alkyl halides is 1. The van der Waals surface area contributed by atoms with Gasteiger partial charge in [-0.1, -0.05) is 40.2 Å². The number of nitrogens with two attached hydrogens (primary N) is 1. The van der Waals surface area contributed by atoms with Crippen molar-refractivity contribution >= 4 is 28.3 Å². The molecule has 0 radical (unpaired) electrons. The molecule has 14 heavy (non-hydrogen) atoms. The Balaban J connectivity index is 0.000000750. The molecule has 0 saturated heterocycles. The maximum atomic E-state index is 6.04. The van der Waals surface area contributed by atoms with Crippen LogP contribution in [0.2, 0.25) is 0 Å². The topological polar surface area (TPSA) is 26.0 Å². The molecule has 1 nitrogen and oxygen atoms in total. The molecule has 2 N–H and O–H groups in total. The van der Waals surface area contributed by atoms with E-state index in [1.54, 1.807) is 0 Å². The van der Waals surface area contributed by atoms with Gasteiger partial charge in [0.2, 0.25) is 0 Å². The fraction of sp³-hybridized carbons (Fsp3) is 0.455. The van der Waals surface area contributed by atoms with Gasteiger partial charge in [0.1, 0.15) is 0 Å². The first-order valence-corrected chi connectivity index (χ1v) is 5.65. The Morgan fingerprint density at radius 1 is 1.36 bits per heavy atom. The molecular formula is C11H13BrClN. The normalized spacial score (nSPS) is 37.9. The average molecular weight is 275 g/mol. The van der Waals surface area contributed by atoms with Gasteiger partial charge in [-0.3, -0.25) is 0 Å². The van der Waals surface area contributed by atoms with E-state index in [0.29, 0.717) is 10.9 Å². The molecule has 3 heteroatoms. The molecule has 76 valence electrons. The molecule has 0 bridgehead atoms. The highest BCUT2D eigenvalue weighted by Crippen LogP contribution is 2.58. The Morgan fingerprint density at radius 3 is 2.64 bits per heavy atom. The van der Waals surface area contributed by atoms with Crippen LogP contribution < -0.4 is 5.73 Å². The third-order valence-electron chi connectivity index (χ3n) is 3.54. The smallest absolute Gasteiger partial charge is 0.0298 e. The first kappa shape index (κ1) is 10.5. The standard InChI is InChI=1S/C11H12BrN.ClH/c12-9-5-7-3-1-2-4-8(7)11(9)6-10(11)13;/h1-4,9-10H,5-6,13H2;1H. The molecule has 2 aliphatic rings. The number of hydrogen-bond acceptors (Lipinski definition) is 1. The summed E-state index contributed by atoms with van der Waals surface area (Å²) in [6.07, 6.45) is 2.30. The van der Waals surface area contributed by atoms with Crippen LogP contribution in [0.5, 0.6) is 0 Å². The largest absolute Gasteiger partial charge is 0.327 e. The van der Waals surface area contributed by atoms with E-state index in [0.717, 1.165) is 12.8 Å². The van der Waals surface area contributed by atoms with Crippen LogP contribution in [0.4, 0.5) is 0 Å². The second-order valence-electron chi connectivity index (χ2n) is 4.18. The molecule has 1 aromatic rings. The van der Waals surface area contributed by atoms with E-state index in [1.807, 2.05) is 0 Å². The maximum absolute atomic E-state index is 6.04. The fourth-order valence-corrected chi connectivity index (χ4v) is 3.79. The minimum Gasteiger partial charge on any atom is -0.327 e. The Labute approximate surface area is 98.6 Å². The molecule has 3 rings (SSSR count). The Morgan fingerprint density at radius 2 is 2.00 bits per heavy atom. The lowest BCUT2D eigenvalue weighted by Gasteiger charge is -2.13. The van der Waals surface area contributed by atoms with Crippen molar-refractivity contribution in [1.29, 1.82) is 0 Å². The van der Waals surface area contributed by atoms with Crippen LogP contribution in [0.1, 0.15) is 17.5 Å². The molecule has 3 unspecified atom stereocenters. The Kier molecular flexibility index (Phi) is 2.41. The van der Waals surface area contributed by atoms with Crippen LogP contribution in [0.25, 0.3) is 0 Å². The van der Waals surface area contributed by atoms with E-state index in [1.165, 1.54) is 11.1 Å². The van der Waals surface area contributed by atoms with Crippen molar-refractivity contribution in [1.82, 2.24) is 0 Å². The summed E-state index contributed by atoms with van der Waals surface area (Å²) >= 11 is 3.76. The quantitative estimate of drug-likeness (QED) is 0.722. The highest BCUT2D eigenvalue weighted by atomic mass is 79.9. The molecule has 0 aromatic heterocycles. The molecule has 2 aliphatic carbocycles. The van der Waals surface area contributed by atoms with Gasteiger partial charge in [-0.15, -0.1) is 12.4 Å². The molecule has 1 spiro atoms. The lowest BCUT2D eigenvalue weighted by atomic mass is 9.98. The van der Waals surface area contributed by atoms with Crippen molar-refractivity contribution in [3.05, 3.63) is 35.4 Å². The molecule has 3 atom stereocenters. The first-order chi connectivity index (χ1) is 6.25. The summed E-state index contributed by atoms with van der Waals surface area (Å²) in [4.78, 5) is 0.562. The van der Waals surface area contributed by atoms with E-state index < -0.39 is 0 Å². The molecule has 1 aromatic carbocycles. The minimum atomic E-state index is 0. The van der Waals surface area contributed by atoms with Gasteiger partial charge in [-0.2, -0.15) is 0 Å². The van der Waals surface area contributed by atoms with Crippen molar-refractivity contribution in [2.24, 2.45) is 5.73 Å². The van der Waals surface area contributed by atoms with Gasteiger partial charge in [0.05, 0.1) is 0 Å². The zero-order chi connectivity index (χ0) is 9.05. The average Bonchev–Trinajstić information content (AvgIpc) is 2.71. The molecule has 0 aliphatic heterocycles. The van der Waals surface area contributed by atoms with Crippen LogP contribution in [0.15, 0.2) is 24.3 Å². The fourth-order valence-electron chi connectivity index (χ4n) is 2.67. The highest BCUT2D eigenvalue weighted by Gasteiger charge is 2.61. The van der Waals surface area contributed by atoms with Gasteiger partial charge >= 0.3 is 0 Å². The number of fused-ring (bicyclic) bond motifs is 2. The van der Waals surface area contributed by atoms with Crippen molar-refractivity contribution in [3.63, 3.8) is 0 Å². The summed E-state index contributed by atoms with van der Waals surface area (Å²) in [5, 5.41) is 0. The van der Waals surface area contributed by atoms with Gasteiger partial charge in [0.25, 0.3) is 0 Å². The molecular weight excluding hydrogens is 261 g/mol. The van der Waals surface area contributed by atoms with Gasteiger partial charge < -0.3 is 5.73 Å². The second kappa shape index (κ2) is 3.22. The van der Waals surface area contributed by atoms with Crippen molar-refractivity contribution in [2.75, 3.05) is 0 Å². The van der Waals surface area contributed by atoms with E-state index >= 15 is 0 Å². The van der Waals surface area contributed by atoms with Gasteiger partial charge in [0.15, 0.2) is 0 Å². The highest BCUT2D eigenvalue weighted by molar-refractivity contribution is 9.09. The predicted octanol–water partition coefficient (Wildman–Crippen LogP) is 2.40. The Hall–Kier alpha value is -0.0500. The lowest BCUT2D eigenvalue weighted by Crippen LogP contribution is -2.23. The first-order valence-electron chi connectivity index (χ1n) is 4.73. The van der Waals surface area contributed by atoms with Crippen LogP contribution in [0, 0.1) is 0 Å². The van der Waals surface area contributed by atoms with Gasteiger partial charge in [-0.25, -0.2) is 0 Å². The van der Waals surface area contributed by atoms with Crippen LogP contribution in [0.3, 0.4) is 0 Å². The summed E-state index contributed by atoms with van der Waals surface area (Å²) < 4.78 is 0. The SMILES string of the molecule is Cl.NC1CC12c1ccccc1CC2Br. The zero-order valence-electron chi connectivity index (χ0n) is 7.74. The summed E-state index contributed by atoms with van der Waals surface area (Å²) in [6.45, 7) is 0. The molecule has 1 saturated carbocycles. The molecule has 1 fully saturated rings. The third kappa shape index (κ3) is 1.11. The molecule has 0 amide bonds. The van der Waals surface area contributed by atoms with Crippen molar-refractivity contribution < 1.29 is 0 Å². The van der Waals surface area contributed by atoms with Crippen LogP contribution in [-0.4, -0.2) is 10.9 Å². The van der Waals surface area contributed by atoms with E-state index in [4.69, 9.17) is 5.73 Å². The van der Waals surface area contributed by atoms with E-state index in [2.05, 4.69) is 40.2 Å². The van der Waals surface area contributed by atoms with Crippen molar-refractivity contribution in [3.8, 4) is 0 Å². The third-order valence-corrected chi connectivity index (χ3v) is 4.68. The number of hydrogen-bond donors (Lipinski definition) is 1. The van der Waals surface area contributed by atoms with Gasteiger partial charge in [-0.05, 0) is 24.0 Å². The number of benzene rings is 1. The maximum Gasteiger partial charge on any atom is 0.0298 e. The van der Waals surface area contributed by atoms with Gasteiger partial charge in [0, 0.05) is 16.3 Å². The summed E-state index contributed by atoms with van der Waals surface area (Å²) in [6, 6.07) is 9.08. The number of rotatable bonds is 0. The summed E-state index contributed by atoms with van der Waals surface area (Å²) in [5.41, 5.74) is 9.30. The van der Waals surface area contributed by atoms with Crippen LogP contribution >= 0.6 is 28.3 Å². The zero-order valence-corrected chi connectivity index (χ0v) is 10.1. The van der Waals surface area contributed by atoms with E-state index in [-0.39, 0.29) is 17.8 Å². The summed E-state index contributed by atoms with van der Waals surface area (Å²) in [5.74, 6) is 0.